The molecule has 0 aliphatic carbocycles. The van der Waals surface area contributed by atoms with Crippen molar-refractivity contribution in [2.24, 2.45) is 5.92 Å². The SMILES string of the molecule is CCC1OCCC1C(CCC1CCCO1)NC. The first-order valence-electron chi connectivity index (χ1n) is 7.25. The summed E-state index contributed by atoms with van der Waals surface area (Å²) in [6.45, 7) is 4.15. The molecule has 4 atom stereocenters. The molecule has 2 aliphatic heterocycles. The highest BCUT2D eigenvalue weighted by Crippen LogP contribution is 2.29. The smallest absolute Gasteiger partial charge is 0.0616 e. The molecule has 3 nitrogen and oxygen atoms in total. The van der Waals surface area contributed by atoms with E-state index in [4.69, 9.17) is 9.47 Å². The highest BCUT2D eigenvalue weighted by molar-refractivity contribution is 4.86. The van der Waals surface area contributed by atoms with Gasteiger partial charge in [0, 0.05) is 25.2 Å². The zero-order valence-electron chi connectivity index (χ0n) is 11.3. The number of rotatable bonds is 6. The minimum absolute atomic E-state index is 0.469. The van der Waals surface area contributed by atoms with E-state index in [9.17, 15) is 0 Å². The van der Waals surface area contributed by atoms with Gasteiger partial charge in [0.2, 0.25) is 0 Å². The van der Waals surface area contributed by atoms with Gasteiger partial charge in [0.25, 0.3) is 0 Å². The summed E-state index contributed by atoms with van der Waals surface area (Å²) in [5.41, 5.74) is 0. The van der Waals surface area contributed by atoms with Crippen LogP contribution in [-0.2, 0) is 9.47 Å². The largest absolute Gasteiger partial charge is 0.378 e. The minimum Gasteiger partial charge on any atom is -0.378 e. The predicted molar refractivity (Wildman–Crippen MR) is 69.2 cm³/mol. The van der Waals surface area contributed by atoms with Crippen LogP contribution in [0.25, 0.3) is 0 Å². The van der Waals surface area contributed by atoms with Crippen LogP contribution >= 0.6 is 0 Å². The fraction of sp³-hybridized carbons (Fsp3) is 1.00. The Morgan fingerprint density at radius 3 is 2.76 bits per heavy atom. The number of ether oxygens (including phenoxy) is 2. The second-order valence-electron chi connectivity index (χ2n) is 5.38. The average Bonchev–Trinajstić information content (AvgIpc) is 3.00. The second kappa shape index (κ2) is 6.72. The Labute approximate surface area is 105 Å². The summed E-state index contributed by atoms with van der Waals surface area (Å²) in [5.74, 6) is 0.700. The summed E-state index contributed by atoms with van der Waals surface area (Å²) in [4.78, 5) is 0. The van der Waals surface area contributed by atoms with Crippen molar-refractivity contribution in [2.45, 2.75) is 63.7 Å². The van der Waals surface area contributed by atoms with Crippen molar-refractivity contribution in [2.75, 3.05) is 20.3 Å². The quantitative estimate of drug-likeness (QED) is 0.774. The molecule has 0 bridgehead atoms. The Bertz CT molecular complexity index is 216. The first-order valence-corrected chi connectivity index (χ1v) is 7.25. The maximum Gasteiger partial charge on any atom is 0.0616 e. The predicted octanol–water partition coefficient (Wildman–Crippen LogP) is 2.35. The highest BCUT2D eigenvalue weighted by Gasteiger charge is 2.33. The maximum absolute atomic E-state index is 5.80. The number of nitrogens with one attached hydrogen (secondary N) is 1. The second-order valence-corrected chi connectivity index (χ2v) is 5.38. The molecule has 2 rings (SSSR count). The van der Waals surface area contributed by atoms with E-state index in [-0.39, 0.29) is 0 Å². The van der Waals surface area contributed by atoms with Crippen molar-refractivity contribution in [1.29, 1.82) is 0 Å². The van der Waals surface area contributed by atoms with E-state index in [0.29, 0.717) is 24.2 Å². The van der Waals surface area contributed by atoms with Crippen molar-refractivity contribution >= 4 is 0 Å². The molecular weight excluding hydrogens is 214 g/mol. The van der Waals surface area contributed by atoms with Gasteiger partial charge in [-0.3, -0.25) is 0 Å². The van der Waals surface area contributed by atoms with E-state index < -0.39 is 0 Å². The van der Waals surface area contributed by atoms with Crippen LogP contribution in [0.2, 0.25) is 0 Å². The molecule has 0 spiro atoms. The Morgan fingerprint density at radius 2 is 2.12 bits per heavy atom. The zero-order chi connectivity index (χ0) is 12.1. The molecule has 2 heterocycles. The Hall–Kier alpha value is -0.120. The van der Waals surface area contributed by atoms with Crippen LogP contribution < -0.4 is 5.32 Å². The standard InChI is InChI=1S/C14H27NO2/c1-3-14-12(8-10-17-14)13(15-2)7-6-11-5-4-9-16-11/h11-15H,3-10H2,1-2H3. The van der Waals surface area contributed by atoms with Crippen molar-refractivity contribution in [3.63, 3.8) is 0 Å². The Morgan fingerprint density at radius 1 is 1.24 bits per heavy atom. The molecular formula is C14H27NO2. The first-order chi connectivity index (χ1) is 8.35. The molecule has 3 heteroatoms. The van der Waals surface area contributed by atoms with Crippen LogP contribution in [0.4, 0.5) is 0 Å². The molecule has 17 heavy (non-hydrogen) atoms. The lowest BCUT2D eigenvalue weighted by molar-refractivity contribution is 0.0697. The average molecular weight is 241 g/mol. The monoisotopic (exact) mass is 241 g/mol. The van der Waals surface area contributed by atoms with Crippen molar-refractivity contribution in [3.8, 4) is 0 Å². The van der Waals surface area contributed by atoms with Gasteiger partial charge in [-0.25, -0.2) is 0 Å². The van der Waals surface area contributed by atoms with Gasteiger partial charge in [-0.05, 0) is 45.6 Å². The van der Waals surface area contributed by atoms with Crippen molar-refractivity contribution < 1.29 is 9.47 Å². The van der Waals surface area contributed by atoms with Crippen LogP contribution in [-0.4, -0.2) is 38.5 Å². The third-order valence-electron chi connectivity index (χ3n) is 4.37. The molecule has 2 aliphatic rings. The summed E-state index contributed by atoms with van der Waals surface area (Å²) in [5, 5.41) is 3.50. The summed E-state index contributed by atoms with van der Waals surface area (Å²) < 4.78 is 11.5. The van der Waals surface area contributed by atoms with Crippen molar-refractivity contribution in [3.05, 3.63) is 0 Å². The summed E-state index contributed by atoms with van der Waals surface area (Å²) >= 11 is 0. The van der Waals surface area contributed by atoms with Crippen LogP contribution in [0.1, 0.15) is 45.4 Å². The molecule has 0 radical (unpaired) electrons. The van der Waals surface area contributed by atoms with E-state index in [1.807, 2.05) is 0 Å². The van der Waals surface area contributed by atoms with Gasteiger partial charge in [-0.15, -0.1) is 0 Å². The molecule has 2 saturated heterocycles. The van der Waals surface area contributed by atoms with Gasteiger partial charge in [0.05, 0.1) is 12.2 Å². The first kappa shape index (κ1) is 13.3. The number of hydrogen-bond donors (Lipinski definition) is 1. The summed E-state index contributed by atoms with van der Waals surface area (Å²) in [6.07, 6.45) is 8.29. The molecule has 0 aromatic carbocycles. The normalized spacial score (nSPS) is 35.3. The fourth-order valence-corrected chi connectivity index (χ4v) is 3.36. The summed E-state index contributed by atoms with van der Waals surface area (Å²) in [6, 6.07) is 0.603. The van der Waals surface area contributed by atoms with E-state index in [2.05, 4.69) is 19.3 Å². The molecule has 0 aromatic heterocycles. The Balaban J connectivity index is 1.78. The van der Waals surface area contributed by atoms with Gasteiger partial charge in [-0.1, -0.05) is 6.92 Å². The maximum atomic E-state index is 5.80. The lowest BCUT2D eigenvalue weighted by atomic mass is 9.87. The third kappa shape index (κ3) is 3.43. The zero-order valence-corrected chi connectivity index (χ0v) is 11.3. The van der Waals surface area contributed by atoms with E-state index in [1.165, 1.54) is 32.1 Å². The highest BCUT2D eigenvalue weighted by atomic mass is 16.5. The lowest BCUT2D eigenvalue weighted by Crippen LogP contribution is -2.38. The van der Waals surface area contributed by atoms with Crippen LogP contribution in [0, 0.1) is 5.92 Å². The van der Waals surface area contributed by atoms with Gasteiger partial charge < -0.3 is 14.8 Å². The van der Waals surface area contributed by atoms with E-state index >= 15 is 0 Å². The van der Waals surface area contributed by atoms with Crippen LogP contribution in [0.15, 0.2) is 0 Å². The van der Waals surface area contributed by atoms with Gasteiger partial charge in [0.15, 0.2) is 0 Å². The molecule has 1 N–H and O–H groups in total. The van der Waals surface area contributed by atoms with E-state index in [0.717, 1.165) is 19.6 Å². The van der Waals surface area contributed by atoms with Crippen LogP contribution in [0.3, 0.4) is 0 Å². The van der Waals surface area contributed by atoms with E-state index in [1.54, 1.807) is 0 Å². The van der Waals surface area contributed by atoms with Gasteiger partial charge in [-0.2, -0.15) is 0 Å². The summed E-state index contributed by atoms with van der Waals surface area (Å²) in [7, 11) is 2.09. The molecule has 4 unspecified atom stereocenters. The molecule has 2 fully saturated rings. The van der Waals surface area contributed by atoms with Gasteiger partial charge >= 0.3 is 0 Å². The third-order valence-corrected chi connectivity index (χ3v) is 4.37. The molecule has 100 valence electrons. The van der Waals surface area contributed by atoms with Crippen molar-refractivity contribution in [1.82, 2.24) is 5.32 Å². The minimum atomic E-state index is 0.469. The molecule has 0 saturated carbocycles. The Kier molecular flexibility index (Phi) is 5.26. The number of hydrogen-bond acceptors (Lipinski definition) is 3. The fourth-order valence-electron chi connectivity index (χ4n) is 3.36. The van der Waals surface area contributed by atoms with Gasteiger partial charge in [0.1, 0.15) is 0 Å². The molecule has 0 aromatic rings. The van der Waals surface area contributed by atoms with Crippen LogP contribution in [0.5, 0.6) is 0 Å². The lowest BCUT2D eigenvalue weighted by Gasteiger charge is -2.27. The topological polar surface area (TPSA) is 30.5 Å². The molecule has 0 amide bonds.